The second-order valence-electron chi connectivity index (χ2n) is 6.30. The Hall–Kier alpha value is -2.31. The molecule has 1 saturated heterocycles. The van der Waals surface area contributed by atoms with Crippen LogP contribution in [0.5, 0.6) is 0 Å². The lowest BCUT2D eigenvalue weighted by Crippen LogP contribution is -3.13. The number of amides is 1. The molecule has 1 aromatic heterocycles. The summed E-state index contributed by atoms with van der Waals surface area (Å²) in [6, 6.07) is 14.0. The number of rotatable bonds is 3. The molecule has 4 nitrogen and oxygen atoms in total. The number of piperazine rings is 1. The topological polar surface area (TPSA) is 37.6 Å². The Balaban J connectivity index is 1.36. The zero-order valence-corrected chi connectivity index (χ0v) is 14.6. The van der Waals surface area contributed by atoms with Gasteiger partial charge in [-0.15, -0.1) is 11.3 Å². The molecule has 4 rings (SSSR count). The van der Waals surface area contributed by atoms with E-state index in [-0.39, 0.29) is 11.7 Å². The molecular weight excluding hydrogens is 337 g/mol. The maximum Gasteiger partial charge on any atom is 0.254 e. The number of nitrogens with zero attached hydrogens (tertiary/aromatic N) is 2. The highest BCUT2D eigenvalue weighted by atomic mass is 32.1. The Labute approximate surface area is 149 Å². The van der Waals surface area contributed by atoms with E-state index in [1.807, 2.05) is 23.1 Å². The second kappa shape index (κ2) is 6.90. The van der Waals surface area contributed by atoms with Gasteiger partial charge in [-0.1, -0.05) is 12.1 Å². The fourth-order valence-corrected chi connectivity index (χ4v) is 4.23. The highest BCUT2D eigenvalue weighted by molar-refractivity contribution is 7.18. The molecule has 2 heterocycles. The number of benzene rings is 2. The fourth-order valence-electron chi connectivity index (χ4n) is 3.19. The molecule has 0 atom stereocenters. The summed E-state index contributed by atoms with van der Waals surface area (Å²) in [4.78, 5) is 20.5. The second-order valence-corrected chi connectivity index (χ2v) is 7.42. The van der Waals surface area contributed by atoms with Crippen molar-refractivity contribution in [3.63, 3.8) is 0 Å². The van der Waals surface area contributed by atoms with Crippen molar-refractivity contribution in [2.75, 3.05) is 26.2 Å². The molecule has 0 bridgehead atoms. The lowest BCUT2D eigenvalue weighted by Gasteiger charge is -2.31. The third kappa shape index (κ3) is 3.55. The number of fused-ring (bicyclic) bond motifs is 1. The van der Waals surface area contributed by atoms with E-state index in [1.165, 1.54) is 21.7 Å². The Morgan fingerprint density at radius 1 is 1.12 bits per heavy atom. The Bertz CT molecular complexity index is 852. The molecule has 0 radical (unpaired) electrons. The lowest BCUT2D eigenvalue weighted by molar-refractivity contribution is -0.917. The molecule has 25 heavy (non-hydrogen) atoms. The first kappa shape index (κ1) is 16.2. The molecule has 0 unspecified atom stereocenters. The number of para-hydroxylation sites is 1. The van der Waals surface area contributed by atoms with Gasteiger partial charge in [-0.3, -0.25) is 4.79 Å². The predicted molar refractivity (Wildman–Crippen MR) is 96.3 cm³/mol. The van der Waals surface area contributed by atoms with Crippen LogP contribution in [-0.4, -0.2) is 42.0 Å². The summed E-state index contributed by atoms with van der Waals surface area (Å²) < 4.78 is 14.2. The van der Waals surface area contributed by atoms with Gasteiger partial charge in [0.1, 0.15) is 17.4 Å². The largest absolute Gasteiger partial charge is 0.327 e. The molecule has 1 fully saturated rings. The molecule has 1 N–H and O–H groups in total. The van der Waals surface area contributed by atoms with Gasteiger partial charge in [-0.2, -0.15) is 0 Å². The van der Waals surface area contributed by atoms with Gasteiger partial charge >= 0.3 is 0 Å². The Kier molecular flexibility index (Phi) is 4.46. The number of carbonyl (C=O) groups is 1. The van der Waals surface area contributed by atoms with Gasteiger partial charge in [-0.25, -0.2) is 9.37 Å². The van der Waals surface area contributed by atoms with Gasteiger partial charge in [-0.05, 0) is 36.4 Å². The summed E-state index contributed by atoms with van der Waals surface area (Å²) >= 11 is 1.75. The zero-order valence-electron chi connectivity index (χ0n) is 13.7. The van der Waals surface area contributed by atoms with Crippen LogP contribution in [0, 0.1) is 5.82 Å². The van der Waals surface area contributed by atoms with Crippen LogP contribution in [0.4, 0.5) is 4.39 Å². The van der Waals surface area contributed by atoms with Crippen molar-refractivity contribution in [1.82, 2.24) is 9.88 Å². The van der Waals surface area contributed by atoms with Crippen molar-refractivity contribution in [2.45, 2.75) is 6.54 Å². The number of carbonyl (C=O) groups excluding carboxylic acids is 1. The normalized spacial score (nSPS) is 15.6. The molecule has 1 aliphatic heterocycles. The van der Waals surface area contributed by atoms with E-state index in [0.717, 1.165) is 43.2 Å². The average molecular weight is 356 g/mol. The number of thiazole rings is 1. The fraction of sp³-hybridized carbons (Fsp3) is 0.263. The Morgan fingerprint density at radius 2 is 1.84 bits per heavy atom. The average Bonchev–Trinajstić information content (AvgIpc) is 3.05. The number of nitrogens with one attached hydrogen (secondary N) is 1. The maximum atomic E-state index is 13.0. The van der Waals surface area contributed by atoms with Gasteiger partial charge in [0.25, 0.3) is 5.91 Å². The summed E-state index contributed by atoms with van der Waals surface area (Å²) in [5.74, 6) is -0.333. The highest BCUT2D eigenvalue weighted by Gasteiger charge is 2.25. The summed E-state index contributed by atoms with van der Waals surface area (Å²) in [5, 5.41) is 1.15. The number of quaternary nitrogens is 1. The van der Waals surface area contributed by atoms with Crippen molar-refractivity contribution in [2.24, 2.45) is 0 Å². The molecule has 0 spiro atoms. The van der Waals surface area contributed by atoms with E-state index in [1.54, 1.807) is 23.5 Å². The molecular formula is C19H19FN3OS+. The zero-order chi connectivity index (χ0) is 17.2. The van der Waals surface area contributed by atoms with Crippen LogP contribution >= 0.6 is 11.3 Å². The van der Waals surface area contributed by atoms with Crippen LogP contribution in [0.25, 0.3) is 10.2 Å². The van der Waals surface area contributed by atoms with Crippen LogP contribution in [0.3, 0.4) is 0 Å². The van der Waals surface area contributed by atoms with Crippen LogP contribution < -0.4 is 4.90 Å². The molecule has 128 valence electrons. The van der Waals surface area contributed by atoms with Gasteiger partial charge in [0.15, 0.2) is 0 Å². The minimum Gasteiger partial charge on any atom is -0.327 e. The first-order valence-corrected chi connectivity index (χ1v) is 9.23. The van der Waals surface area contributed by atoms with Crippen molar-refractivity contribution in [1.29, 1.82) is 0 Å². The maximum absolute atomic E-state index is 13.0. The van der Waals surface area contributed by atoms with Crippen molar-refractivity contribution >= 4 is 27.5 Å². The molecule has 0 aliphatic carbocycles. The van der Waals surface area contributed by atoms with E-state index in [4.69, 9.17) is 4.98 Å². The van der Waals surface area contributed by atoms with E-state index >= 15 is 0 Å². The third-order valence-corrected chi connectivity index (χ3v) is 5.62. The minimum absolute atomic E-state index is 0.0148. The molecule has 6 heteroatoms. The standard InChI is InChI=1S/C19H18FN3OS/c20-15-7-5-14(6-8-15)19(24)23-11-9-22(10-12-23)13-18-21-16-3-1-2-4-17(16)25-18/h1-8H,9-13H2/p+1. The summed E-state index contributed by atoms with van der Waals surface area (Å²) in [7, 11) is 0. The van der Waals surface area contributed by atoms with Gasteiger partial charge in [0.2, 0.25) is 0 Å². The van der Waals surface area contributed by atoms with Gasteiger partial charge < -0.3 is 9.80 Å². The minimum atomic E-state index is -0.318. The van der Waals surface area contributed by atoms with Crippen LogP contribution in [-0.2, 0) is 6.54 Å². The quantitative estimate of drug-likeness (QED) is 0.779. The van der Waals surface area contributed by atoms with Crippen molar-refractivity contribution in [3.8, 4) is 0 Å². The number of aromatic nitrogens is 1. The molecule has 3 aromatic rings. The van der Waals surface area contributed by atoms with Crippen LogP contribution in [0.1, 0.15) is 15.4 Å². The van der Waals surface area contributed by atoms with E-state index in [9.17, 15) is 9.18 Å². The van der Waals surface area contributed by atoms with E-state index in [0.29, 0.717) is 5.56 Å². The SMILES string of the molecule is O=C(c1ccc(F)cc1)N1CC[NH+](Cc2nc3ccccc3s2)CC1. The number of hydrogen-bond donors (Lipinski definition) is 1. The number of halogens is 1. The third-order valence-electron chi connectivity index (χ3n) is 4.59. The van der Waals surface area contributed by atoms with Crippen LogP contribution in [0.15, 0.2) is 48.5 Å². The number of hydrogen-bond acceptors (Lipinski definition) is 3. The smallest absolute Gasteiger partial charge is 0.254 e. The first-order valence-electron chi connectivity index (χ1n) is 8.42. The lowest BCUT2D eigenvalue weighted by atomic mass is 10.2. The van der Waals surface area contributed by atoms with E-state index < -0.39 is 0 Å². The predicted octanol–water partition coefficient (Wildman–Crippen LogP) is 1.98. The van der Waals surface area contributed by atoms with Gasteiger partial charge in [0.05, 0.1) is 36.4 Å². The highest BCUT2D eigenvalue weighted by Crippen LogP contribution is 2.20. The molecule has 1 aliphatic rings. The molecule has 1 amide bonds. The molecule has 2 aromatic carbocycles. The molecule has 0 saturated carbocycles. The van der Waals surface area contributed by atoms with E-state index in [2.05, 4.69) is 6.07 Å². The van der Waals surface area contributed by atoms with Crippen LogP contribution in [0.2, 0.25) is 0 Å². The van der Waals surface area contributed by atoms with Crippen molar-refractivity contribution < 1.29 is 14.1 Å². The summed E-state index contributed by atoms with van der Waals surface area (Å²) in [6.07, 6.45) is 0. The summed E-state index contributed by atoms with van der Waals surface area (Å²) in [5.41, 5.74) is 1.61. The van der Waals surface area contributed by atoms with Gasteiger partial charge in [0, 0.05) is 5.56 Å². The van der Waals surface area contributed by atoms with Crippen molar-refractivity contribution in [3.05, 3.63) is 64.9 Å². The first-order chi connectivity index (χ1) is 12.2. The Morgan fingerprint density at radius 3 is 2.56 bits per heavy atom. The summed E-state index contributed by atoms with van der Waals surface area (Å²) in [6.45, 7) is 4.15. The monoisotopic (exact) mass is 356 g/mol.